The van der Waals surface area contributed by atoms with E-state index < -0.39 is 10.9 Å². The molecule has 0 atom stereocenters. The first kappa shape index (κ1) is 17.9. The van der Waals surface area contributed by atoms with E-state index >= 15 is 0 Å². The van der Waals surface area contributed by atoms with Gasteiger partial charge in [0, 0.05) is 6.07 Å². The standard InChI is InChI=1S/C26H17F2S/c27-22-6-11-24(12-7-22)29(25-13-8-23(28)9-14-25)26-10-5-20-15-18-3-1-2-4-19(18)16-21(20)17-26/h1-17H/q+1. The topological polar surface area (TPSA) is 0 Å². The van der Waals surface area contributed by atoms with Crippen molar-refractivity contribution in [1.82, 2.24) is 0 Å². The lowest BCUT2D eigenvalue weighted by molar-refractivity contribution is 0.626. The van der Waals surface area contributed by atoms with E-state index in [4.69, 9.17) is 0 Å². The summed E-state index contributed by atoms with van der Waals surface area (Å²) in [4.78, 5) is 3.11. The molecule has 0 bridgehead atoms. The van der Waals surface area contributed by atoms with Crippen LogP contribution in [0.15, 0.2) is 118 Å². The Bertz CT molecular complexity index is 1260. The van der Waals surface area contributed by atoms with Gasteiger partial charge in [-0.25, -0.2) is 8.78 Å². The molecule has 3 heteroatoms. The van der Waals surface area contributed by atoms with Gasteiger partial charge >= 0.3 is 0 Å². The Morgan fingerprint density at radius 3 is 1.41 bits per heavy atom. The first-order valence-corrected chi connectivity index (χ1v) is 10.6. The molecule has 0 unspecified atom stereocenters. The second-order valence-electron chi connectivity index (χ2n) is 6.92. The average Bonchev–Trinajstić information content (AvgIpc) is 2.75. The van der Waals surface area contributed by atoms with E-state index in [2.05, 4.69) is 42.5 Å². The zero-order valence-electron chi connectivity index (χ0n) is 15.5. The van der Waals surface area contributed by atoms with E-state index in [1.807, 2.05) is 36.4 Å². The predicted molar refractivity (Wildman–Crippen MR) is 116 cm³/mol. The van der Waals surface area contributed by atoms with Crippen molar-refractivity contribution in [1.29, 1.82) is 0 Å². The third-order valence-electron chi connectivity index (χ3n) is 5.01. The van der Waals surface area contributed by atoms with Crippen molar-refractivity contribution < 1.29 is 8.78 Å². The summed E-state index contributed by atoms with van der Waals surface area (Å²) in [6, 6.07) is 32.3. The monoisotopic (exact) mass is 399 g/mol. The van der Waals surface area contributed by atoms with E-state index in [1.165, 1.54) is 40.4 Å². The van der Waals surface area contributed by atoms with Gasteiger partial charge in [-0.15, -0.1) is 0 Å². The minimum atomic E-state index is -0.454. The normalized spacial score (nSPS) is 11.4. The van der Waals surface area contributed by atoms with Crippen LogP contribution in [0.5, 0.6) is 0 Å². The zero-order valence-corrected chi connectivity index (χ0v) is 16.3. The molecular formula is C26H17F2S+. The van der Waals surface area contributed by atoms with Crippen LogP contribution in [0.25, 0.3) is 21.5 Å². The summed E-state index contributed by atoms with van der Waals surface area (Å²) in [5, 5.41) is 4.74. The Labute approximate surface area is 170 Å². The number of halogens is 2. The van der Waals surface area contributed by atoms with Gasteiger partial charge in [-0.05, 0) is 94.3 Å². The van der Waals surface area contributed by atoms with Crippen LogP contribution in [0.3, 0.4) is 0 Å². The fourth-order valence-electron chi connectivity index (χ4n) is 3.59. The minimum absolute atomic E-state index is 0.263. The Morgan fingerprint density at radius 2 is 0.862 bits per heavy atom. The van der Waals surface area contributed by atoms with Gasteiger partial charge in [0.2, 0.25) is 0 Å². The fourth-order valence-corrected chi connectivity index (χ4v) is 5.68. The molecule has 0 aromatic heterocycles. The Kier molecular flexibility index (Phi) is 4.53. The van der Waals surface area contributed by atoms with Gasteiger partial charge in [0.05, 0.1) is 10.9 Å². The first-order valence-electron chi connectivity index (χ1n) is 9.35. The molecule has 0 saturated heterocycles. The van der Waals surface area contributed by atoms with Crippen LogP contribution >= 0.6 is 0 Å². The highest BCUT2D eigenvalue weighted by Gasteiger charge is 2.29. The van der Waals surface area contributed by atoms with Gasteiger partial charge in [-0.1, -0.05) is 24.3 Å². The summed E-state index contributed by atoms with van der Waals surface area (Å²) >= 11 is 0. The van der Waals surface area contributed by atoms with Crippen LogP contribution in [0.2, 0.25) is 0 Å². The fraction of sp³-hybridized carbons (Fsp3) is 0. The first-order chi connectivity index (χ1) is 14.2. The van der Waals surface area contributed by atoms with Crippen molar-refractivity contribution in [3.05, 3.63) is 115 Å². The van der Waals surface area contributed by atoms with Gasteiger partial charge in [-0.3, -0.25) is 0 Å². The minimum Gasteiger partial charge on any atom is -0.207 e. The lowest BCUT2D eigenvalue weighted by Gasteiger charge is -2.10. The highest BCUT2D eigenvalue weighted by Crippen LogP contribution is 2.34. The molecule has 5 aromatic carbocycles. The molecule has 0 aliphatic heterocycles. The molecule has 0 fully saturated rings. The molecule has 5 aromatic rings. The van der Waals surface area contributed by atoms with Gasteiger partial charge in [-0.2, -0.15) is 0 Å². The van der Waals surface area contributed by atoms with Crippen LogP contribution in [-0.2, 0) is 10.9 Å². The predicted octanol–water partition coefficient (Wildman–Crippen LogP) is 7.37. The second-order valence-corrected chi connectivity index (χ2v) is 8.95. The van der Waals surface area contributed by atoms with Gasteiger partial charge in [0.25, 0.3) is 0 Å². The number of benzene rings is 5. The summed E-state index contributed by atoms with van der Waals surface area (Å²) in [5.41, 5.74) is 0. The number of rotatable bonds is 3. The molecule has 0 heterocycles. The molecule has 0 spiro atoms. The van der Waals surface area contributed by atoms with E-state index in [1.54, 1.807) is 0 Å². The maximum atomic E-state index is 13.5. The highest BCUT2D eigenvalue weighted by atomic mass is 32.2. The van der Waals surface area contributed by atoms with Crippen LogP contribution in [-0.4, -0.2) is 0 Å². The third kappa shape index (κ3) is 3.50. The lowest BCUT2D eigenvalue weighted by atomic mass is 10.0. The van der Waals surface area contributed by atoms with E-state index in [9.17, 15) is 8.78 Å². The molecule has 0 nitrogen and oxygen atoms in total. The average molecular weight is 399 g/mol. The van der Waals surface area contributed by atoms with Crippen molar-refractivity contribution in [2.75, 3.05) is 0 Å². The van der Waals surface area contributed by atoms with Crippen molar-refractivity contribution >= 4 is 32.4 Å². The SMILES string of the molecule is Fc1ccc([S+](c2ccc(F)cc2)c2ccc3cc4ccccc4cc3c2)cc1. The molecule has 5 rings (SSSR count). The summed E-state index contributed by atoms with van der Waals surface area (Å²) < 4.78 is 27.0. The second kappa shape index (κ2) is 7.34. The summed E-state index contributed by atoms with van der Waals surface area (Å²) in [7, 11) is -0.454. The maximum absolute atomic E-state index is 13.5. The largest absolute Gasteiger partial charge is 0.207 e. The molecule has 0 radical (unpaired) electrons. The zero-order chi connectivity index (χ0) is 19.8. The van der Waals surface area contributed by atoms with Gasteiger partial charge in [0.15, 0.2) is 14.7 Å². The number of hydrogen-bond donors (Lipinski definition) is 0. The van der Waals surface area contributed by atoms with E-state index in [-0.39, 0.29) is 11.6 Å². The Morgan fingerprint density at radius 1 is 0.414 bits per heavy atom. The van der Waals surface area contributed by atoms with Gasteiger partial charge < -0.3 is 0 Å². The van der Waals surface area contributed by atoms with Crippen LogP contribution in [0, 0.1) is 11.6 Å². The van der Waals surface area contributed by atoms with Crippen LogP contribution in [0.4, 0.5) is 8.78 Å². The van der Waals surface area contributed by atoms with Crippen LogP contribution < -0.4 is 0 Å². The Balaban J connectivity index is 1.70. The third-order valence-corrected chi connectivity index (χ3v) is 7.22. The van der Waals surface area contributed by atoms with Crippen molar-refractivity contribution in [3.63, 3.8) is 0 Å². The molecule has 140 valence electrons. The van der Waals surface area contributed by atoms with Crippen molar-refractivity contribution in [2.24, 2.45) is 0 Å². The molecule has 0 aliphatic rings. The highest BCUT2D eigenvalue weighted by molar-refractivity contribution is 7.97. The summed E-state index contributed by atoms with van der Waals surface area (Å²) in [5.74, 6) is -0.525. The molecule has 29 heavy (non-hydrogen) atoms. The Hall–Kier alpha value is -3.17. The molecule has 0 aliphatic carbocycles. The van der Waals surface area contributed by atoms with E-state index in [0.717, 1.165) is 20.1 Å². The summed E-state index contributed by atoms with van der Waals surface area (Å²) in [6.07, 6.45) is 0. The number of fused-ring (bicyclic) bond motifs is 2. The summed E-state index contributed by atoms with van der Waals surface area (Å²) in [6.45, 7) is 0. The molecule has 0 N–H and O–H groups in total. The molecular weight excluding hydrogens is 382 g/mol. The molecule has 0 amide bonds. The van der Waals surface area contributed by atoms with Crippen LogP contribution in [0.1, 0.15) is 0 Å². The van der Waals surface area contributed by atoms with Crippen molar-refractivity contribution in [2.45, 2.75) is 14.7 Å². The van der Waals surface area contributed by atoms with Gasteiger partial charge in [0.1, 0.15) is 11.6 Å². The molecule has 0 saturated carbocycles. The quantitative estimate of drug-likeness (QED) is 0.219. The maximum Gasteiger partial charge on any atom is 0.167 e. The van der Waals surface area contributed by atoms with Crippen molar-refractivity contribution in [3.8, 4) is 0 Å². The lowest BCUT2D eigenvalue weighted by Crippen LogP contribution is -2.05. The smallest absolute Gasteiger partial charge is 0.167 e. The number of hydrogen-bond acceptors (Lipinski definition) is 0. The van der Waals surface area contributed by atoms with E-state index in [0.29, 0.717) is 0 Å².